The number of hydrogen-bond acceptors (Lipinski definition) is 4. The quantitative estimate of drug-likeness (QED) is 0.351. The number of rotatable bonds is 10. The van der Waals surface area contributed by atoms with Gasteiger partial charge < -0.3 is 22.1 Å². The summed E-state index contributed by atoms with van der Waals surface area (Å²) in [6, 6.07) is 22.0. The Kier molecular flexibility index (Phi) is 8.96. The van der Waals surface area contributed by atoms with E-state index in [1.165, 1.54) is 0 Å². The molecule has 2 atom stereocenters. The normalized spacial score (nSPS) is 12.6. The maximum atomic E-state index is 13.0. The highest BCUT2D eigenvalue weighted by Crippen LogP contribution is 2.21. The molecule has 2 amide bonds. The lowest BCUT2D eigenvalue weighted by Gasteiger charge is -2.15. The summed E-state index contributed by atoms with van der Waals surface area (Å²) in [5, 5.41) is 5.94. The van der Waals surface area contributed by atoms with Crippen LogP contribution in [0.2, 0.25) is 0 Å². The van der Waals surface area contributed by atoms with E-state index in [0.29, 0.717) is 24.0 Å². The standard InChI is InChI=1S/C28H34N4O2/c1-3-23(29)17-19-10-5-7-14-25(19)31-27(33)21-12-9-13-22(16-21)28(34)32-26-15-8-6-11-20(26)18-24(30)4-2/h5-16,23-24H,3-4,17-18,29-30H2,1-2H3,(H,31,33)(H,32,34). The van der Waals surface area contributed by atoms with Crippen LogP contribution in [0.4, 0.5) is 11.4 Å². The van der Waals surface area contributed by atoms with Crippen molar-refractivity contribution >= 4 is 23.2 Å². The molecule has 3 rings (SSSR count). The largest absolute Gasteiger partial charge is 0.327 e. The van der Waals surface area contributed by atoms with E-state index in [0.717, 1.165) is 35.3 Å². The zero-order valence-electron chi connectivity index (χ0n) is 19.9. The van der Waals surface area contributed by atoms with E-state index in [9.17, 15) is 9.59 Å². The molecule has 0 aliphatic heterocycles. The molecule has 6 nitrogen and oxygen atoms in total. The molecule has 0 aliphatic rings. The van der Waals surface area contributed by atoms with Crippen molar-refractivity contribution in [3.05, 3.63) is 95.1 Å². The average Bonchev–Trinajstić information content (AvgIpc) is 2.86. The molecule has 0 fully saturated rings. The predicted octanol–water partition coefficient (Wildman–Crippen LogP) is 4.75. The van der Waals surface area contributed by atoms with Gasteiger partial charge in [0.15, 0.2) is 0 Å². The molecule has 0 aliphatic carbocycles. The molecular weight excluding hydrogens is 424 g/mol. The first-order valence-electron chi connectivity index (χ1n) is 11.8. The van der Waals surface area contributed by atoms with Gasteiger partial charge in [0.25, 0.3) is 11.8 Å². The van der Waals surface area contributed by atoms with Crippen LogP contribution in [0.1, 0.15) is 58.5 Å². The molecule has 3 aromatic carbocycles. The lowest BCUT2D eigenvalue weighted by atomic mass is 10.0. The first-order valence-corrected chi connectivity index (χ1v) is 11.8. The summed E-state index contributed by atoms with van der Waals surface area (Å²) in [7, 11) is 0. The van der Waals surface area contributed by atoms with Crippen molar-refractivity contribution in [1.82, 2.24) is 0 Å². The summed E-state index contributed by atoms with van der Waals surface area (Å²) in [5.41, 5.74) is 16.5. The highest BCUT2D eigenvalue weighted by Gasteiger charge is 2.15. The van der Waals surface area contributed by atoms with Gasteiger partial charge >= 0.3 is 0 Å². The first-order chi connectivity index (χ1) is 16.4. The van der Waals surface area contributed by atoms with Gasteiger partial charge in [-0.05, 0) is 67.1 Å². The van der Waals surface area contributed by atoms with E-state index in [1.54, 1.807) is 24.3 Å². The summed E-state index contributed by atoms with van der Waals surface area (Å²) in [6.07, 6.45) is 3.06. The Morgan fingerprint density at radius 2 is 1.09 bits per heavy atom. The summed E-state index contributed by atoms with van der Waals surface area (Å²) in [4.78, 5) is 26.0. The Hall–Kier alpha value is -3.48. The van der Waals surface area contributed by atoms with Crippen molar-refractivity contribution in [1.29, 1.82) is 0 Å². The number of para-hydroxylation sites is 2. The van der Waals surface area contributed by atoms with Gasteiger partial charge in [-0.2, -0.15) is 0 Å². The minimum atomic E-state index is -0.276. The molecule has 6 heteroatoms. The maximum Gasteiger partial charge on any atom is 0.255 e. The van der Waals surface area contributed by atoms with E-state index in [2.05, 4.69) is 10.6 Å². The van der Waals surface area contributed by atoms with E-state index >= 15 is 0 Å². The average molecular weight is 459 g/mol. The van der Waals surface area contributed by atoms with Crippen molar-refractivity contribution in [3.63, 3.8) is 0 Å². The molecule has 0 saturated carbocycles. The van der Waals surface area contributed by atoms with Crippen molar-refractivity contribution in [3.8, 4) is 0 Å². The second-order valence-electron chi connectivity index (χ2n) is 8.55. The van der Waals surface area contributed by atoms with Crippen LogP contribution in [0.25, 0.3) is 0 Å². The monoisotopic (exact) mass is 458 g/mol. The van der Waals surface area contributed by atoms with Gasteiger partial charge in [0.2, 0.25) is 0 Å². The topological polar surface area (TPSA) is 110 Å². The van der Waals surface area contributed by atoms with Gasteiger partial charge in [0.1, 0.15) is 0 Å². The maximum absolute atomic E-state index is 13.0. The van der Waals surface area contributed by atoms with Gasteiger partial charge in [0, 0.05) is 34.6 Å². The molecule has 0 saturated heterocycles. The Morgan fingerprint density at radius 1 is 0.676 bits per heavy atom. The number of carbonyl (C=O) groups excluding carboxylic acids is 2. The molecular formula is C28H34N4O2. The fourth-order valence-corrected chi connectivity index (χ4v) is 3.68. The minimum Gasteiger partial charge on any atom is -0.327 e. The van der Waals surface area contributed by atoms with Crippen LogP contribution in [-0.2, 0) is 12.8 Å². The second kappa shape index (κ2) is 12.1. The van der Waals surface area contributed by atoms with E-state index in [4.69, 9.17) is 11.5 Å². The number of nitrogens with one attached hydrogen (secondary N) is 2. The molecule has 0 spiro atoms. The molecule has 0 radical (unpaired) electrons. The number of benzene rings is 3. The Labute approximate surface area is 201 Å². The van der Waals surface area contributed by atoms with Crippen LogP contribution in [-0.4, -0.2) is 23.9 Å². The summed E-state index contributed by atoms with van der Waals surface area (Å²) in [5.74, 6) is -0.553. The lowest BCUT2D eigenvalue weighted by molar-refractivity contribution is 0.102. The molecule has 3 aromatic rings. The number of hydrogen-bond donors (Lipinski definition) is 4. The smallest absolute Gasteiger partial charge is 0.255 e. The predicted molar refractivity (Wildman–Crippen MR) is 139 cm³/mol. The molecule has 178 valence electrons. The fraction of sp³-hybridized carbons (Fsp3) is 0.286. The minimum absolute atomic E-state index is 0.0276. The van der Waals surface area contributed by atoms with Gasteiger partial charge in [0.05, 0.1) is 0 Å². The third-order valence-corrected chi connectivity index (χ3v) is 5.93. The molecule has 2 unspecified atom stereocenters. The van der Waals surface area contributed by atoms with Crippen LogP contribution < -0.4 is 22.1 Å². The SMILES string of the molecule is CCC(N)Cc1ccccc1NC(=O)c1cccc(C(=O)Nc2ccccc2CC(N)CC)c1. The molecule has 34 heavy (non-hydrogen) atoms. The highest BCUT2D eigenvalue weighted by molar-refractivity contribution is 6.09. The second-order valence-corrected chi connectivity index (χ2v) is 8.55. The van der Waals surface area contributed by atoms with E-state index in [1.807, 2.05) is 62.4 Å². The zero-order chi connectivity index (χ0) is 24.5. The first kappa shape index (κ1) is 25.1. The summed E-state index contributed by atoms with van der Waals surface area (Å²) in [6.45, 7) is 4.08. The number of amides is 2. The van der Waals surface area contributed by atoms with Crippen LogP contribution >= 0.6 is 0 Å². The van der Waals surface area contributed by atoms with E-state index < -0.39 is 0 Å². The summed E-state index contributed by atoms with van der Waals surface area (Å²) < 4.78 is 0. The highest BCUT2D eigenvalue weighted by atomic mass is 16.2. The van der Waals surface area contributed by atoms with Gasteiger partial charge in [-0.25, -0.2) is 0 Å². The van der Waals surface area contributed by atoms with Gasteiger partial charge in [-0.1, -0.05) is 56.3 Å². The third kappa shape index (κ3) is 6.76. The Balaban J connectivity index is 1.75. The van der Waals surface area contributed by atoms with Gasteiger partial charge in [-0.3, -0.25) is 9.59 Å². The van der Waals surface area contributed by atoms with Crippen LogP contribution in [0.3, 0.4) is 0 Å². The van der Waals surface area contributed by atoms with E-state index in [-0.39, 0.29) is 23.9 Å². The van der Waals surface area contributed by atoms with Gasteiger partial charge in [-0.15, -0.1) is 0 Å². The zero-order valence-corrected chi connectivity index (χ0v) is 19.9. The third-order valence-electron chi connectivity index (χ3n) is 5.93. The molecule has 0 aromatic heterocycles. The van der Waals surface area contributed by atoms with Crippen molar-refractivity contribution in [2.24, 2.45) is 11.5 Å². The Morgan fingerprint density at radius 3 is 1.50 bits per heavy atom. The van der Waals surface area contributed by atoms with Crippen LogP contribution in [0, 0.1) is 0 Å². The van der Waals surface area contributed by atoms with Crippen molar-refractivity contribution < 1.29 is 9.59 Å². The number of anilines is 2. The number of carbonyl (C=O) groups is 2. The van der Waals surface area contributed by atoms with Crippen LogP contribution in [0.15, 0.2) is 72.8 Å². The number of nitrogens with two attached hydrogens (primary N) is 2. The van der Waals surface area contributed by atoms with Crippen molar-refractivity contribution in [2.45, 2.75) is 51.6 Å². The van der Waals surface area contributed by atoms with Crippen LogP contribution in [0.5, 0.6) is 0 Å². The lowest BCUT2D eigenvalue weighted by Crippen LogP contribution is -2.23. The molecule has 6 N–H and O–H groups in total. The summed E-state index contributed by atoms with van der Waals surface area (Å²) >= 11 is 0. The molecule has 0 heterocycles. The molecule has 0 bridgehead atoms. The van der Waals surface area contributed by atoms with Crippen molar-refractivity contribution in [2.75, 3.05) is 10.6 Å². The Bertz CT molecular complexity index is 1040. The fourth-order valence-electron chi connectivity index (χ4n) is 3.68.